The van der Waals surface area contributed by atoms with E-state index in [9.17, 15) is 24.0 Å². The number of amides is 5. The fraction of sp³-hybridized carbons (Fsp3) is 0.478. The van der Waals surface area contributed by atoms with Gasteiger partial charge in [0, 0.05) is 49.3 Å². The van der Waals surface area contributed by atoms with Gasteiger partial charge in [0.1, 0.15) is 23.1 Å². The number of rotatable bonds is 12. The van der Waals surface area contributed by atoms with Gasteiger partial charge in [-0.05, 0) is 144 Å². The van der Waals surface area contributed by atoms with Gasteiger partial charge in [-0.1, -0.05) is 30.3 Å². The van der Waals surface area contributed by atoms with Crippen molar-refractivity contribution in [3.63, 3.8) is 0 Å². The van der Waals surface area contributed by atoms with Crippen molar-refractivity contribution in [2.45, 2.75) is 110 Å². The SMILES string of the molecule is CC(C)(C)OC(=O)NC[C@H]1CC[C@H](C(=O)N[C@@H](Cc2ccc(-c3ccc(F)c(C(=O)NC4CCN(C(=O)OC(C)(C)C)CC4)c3)cc2)C(=O)Nc2ccc(-c3nn[nH]n3)cc2)CC1. The van der Waals surface area contributed by atoms with Crippen molar-refractivity contribution in [1.82, 2.24) is 41.5 Å². The summed E-state index contributed by atoms with van der Waals surface area (Å²) in [5, 5.41) is 25.7. The van der Waals surface area contributed by atoms with Crippen LogP contribution in [0.1, 0.15) is 96.0 Å². The summed E-state index contributed by atoms with van der Waals surface area (Å²) in [6.45, 7) is 12.1. The van der Waals surface area contributed by atoms with Crippen LogP contribution in [0, 0.1) is 17.7 Å². The zero-order valence-electron chi connectivity index (χ0n) is 36.8. The highest BCUT2D eigenvalue weighted by Gasteiger charge is 2.31. The molecule has 1 saturated heterocycles. The number of hydrogen-bond acceptors (Lipinski definition) is 10. The molecule has 1 aliphatic heterocycles. The summed E-state index contributed by atoms with van der Waals surface area (Å²) in [4.78, 5) is 67.2. The second kappa shape index (κ2) is 20.2. The zero-order chi connectivity index (χ0) is 45.3. The standard InChI is InChI=1S/C46H58FN9O7/c1-45(2,3)62-43(60)48-27-29-9-13-32(14-10-29)40(57)51-38(42(59)50-34-18-15-31(16-19-34)39-52-54-55-53-39)25-28-7-11-30(12-8-28)33-17-20-37(47)36(26-33)41(58)49-35-21-23-56(24-22-35)44(61)63-46(4,5)6/h7-8,11-12,15-20,26,29,32,35,38H,9-10,13-14,21-25,27H2,1-6H3,(H,48,60)(H,49,58)(H,50,59)(H,51,57)(H,52,53,54,55)/t29-,32-,38-/m0/s1. The molecular weight excluding hydrogens is 810 g/mol. The lowest BCUT2D eigenvalue weighted by Crippen LogP contribution is -2.48. The number of nitrogens with zero attached hydrogens (tertiary/aromatic N) is 4. The molecule has 5 amide bonds. The highest BCUT2D eigenvalue weighted by molar-refractivity contribution is 5.98. The predicted molar refractivity (Wildman–Crippen MR) is 234 cm³/mol. The molecule has 2 heterocycles. The van der Waals surface area contributed by atoms with Crippen LogP contribution in [0.4, 0.5) is 19.7 Å². The van der Waals surface area contributed by atoms with Gasteiger partial charge >= 0.3 is 12.2 Å². The molecule has 3 aromatic carbocycles. The van der Waals surface area contributed by atoms with Crippen LogP contribution in [-0.4, -0.2) is 98.4 Å². The van der Waals surface area contributed by atoms with Crippen molar-refractivity contribution in [1.29, 1.82) is 0 Å². The smallest absolute Gasteiger partial charge is 0.410 e. The van der Waals surface area contributed by atoms with E-state index in [1.54, 1.807) is 35.2 Å². The maximum atomic E-state index is 15.1. The summed E-state index contributed by atoms with van der Waals surface area (Å²) in [5.41, 5.74) is 2.03. The summed E-state index contributed by atoms with van der Waals surface area (Å²) < 4.78 is 25.9. The van der Waals surface area contributed by atoms with Gasteiger partial charge in [0.05, 0.1) is 5.56 Å². The van der Waals surface area contributed by atoms with Gasteiger partial charge in [0.2, 0.25) is 17.6 Å². The number of hydrogen-bond donors (Lipinski definition) is 5. The number of alkyl carbamates (subject to hydrolysis) is 1. The maximum absolute atomic E-state index is 15.1. The third-order valence-electron chi connectivity index (χ3n) is 11.0. The quantitative estimate of drug-likeness (QED) is 0.101. The summed E-state index contributed by atoms with van der Waals surface area (Å²) in [7, 11) is 0. The monoisotopic (exact) mass is 867 g/mol. The Kier molecular flexibility index (Phi) is 14.8. The highest BCUT2D eigenvalue weighted by Crippen LogP contribution is 2.30. The minimum absolute atomic E-state index is 0.0933. The Morgan fingerprint density at radius 3 is 2.06 bits per heavy atom. The molecule has 1 aliphatic carbocycles. The Morgan fingerprint density at radius 1 is 0.810 bits per heavy atom. The largest absolute Gasteiger partial charge is 0.444 e. The molecule has 0 bridgehead atoms. The van der Waals surface area contributed by atoms with E-state index in [0.717, 1.165) is 24.0 Å². The van der Waals surface area contributed by atoms with E-state index in [-0.39, 0.29) is 35.8 Å². The lowest BCUT2D eigenvalue weighted by atomic mass is 9.81. The van der Waals surface area contributed by atoms with E-state index in [4.69, 9.17) is 9.47 Å². The summed E-state index contributed by atoms with van der Waals surface area (Å²) in [5.74, 6) is -1.50. The molecule has 6 rings (SSSR count). The van der Waals surface area contributed by atoms with Crippen molar-refractivity contribution in [3.05, 3.63) is 83.7 Å². The number of anilines is 1. The first-order valence-corrected chi connectivity index (χ1v) is 21.5. The molecule has 1 atom stereocenters. The van der Waals surface area contributed by atoms with Crippen molar-refractivity contribution >= 4 is 35.6 Å². The Morgan fingerprint density at radius 2 is 1.44 bits per heavy atom. The lowest BCUT2D eigenvalue weighted by molar-refractivity contribution is -0.130. The molecule has 0 radical (unpaired) electrons. The van der Waals surface area contributed by atoms with Crippen LogP contribution in [0.3, 0.4) is 0 Å². The van der Waals surface area contributed by atoms with Crippen LogP contribution >= 0.6 is 0 Å². The van der Waals surface area contributed by atoms with E-state index >= 15 is 4.39 Å². The van der Waals surface area contributed by atoms with Crippen molar-refractivity contribution in [2.75, 3.05) is 25.0 Å². The van der Waals surface area contributed by atoms with Crippen molar-refractivity contribution in [2.24, 2.45) is 11.8 Å². The number of nitrogens with one attached hydrogen (secondary N) is 5. The average molecular weight is 868 g/mol. The molecule has 0 spiro atoms. The third kappa shape index (κ3) is 13.5. The maximum Gasteiger partial charge on any atom is 0.410 e. The van der Waals surface area contributed by atoms with Gasteiger partial charge in [-0.2, -0.15) is 5.21 Å². The van der Waals surface area contributed by atoms with Crippen molar-refractivity contribution in [3.8, 4) is 22.5 Å². The number of carbonyl (C=O) groups excluding carboxylic acids is 5. The minimum Gasteiger partial charge on any atom is -0.444 e. The van der Waals surface area contributed by atoms with E-state index in [0.29, 0.717) is 68.0 Å². The molecule has 1 saturated carbocycles. The number of halogens is 1. The van der Waals surface area contributed by atoms with Gasteiger partial charge in [0.25, 0.3) is 5.91 Å². The van der Waals surface area contributed by atoms with Gasteiger partial charge in [-0.15, -0.1) is 10.2 Å². The minimum atomic E-state index is -0.927. The summed E-state index contributed by atoms with van der Waals surface area (Å²) in [6, 6.07) is 17.5. The van der Waals surface area contributed by atoms with Crippen LogP contribution in [0.5, 0.6) is 0 Å². The van der Waals surface area contributed by atoms with Crippen LogP contribution in [0.2, 0.25) is 0 Å². The molecular formula is C46H58FN9O7. The molecule has 17 heteroatoms. The predicted octanol–water partition coefficient (Wildman–Crippen LogP) is 6.80. The Bertz CT molecular complexity index is 2210. The third-order valence-corrected chi connectivity index (χ3v) is 11.0. The highest BCUT2D eigenvalue weighted by atomic mass is 19.1. The zero-order valence-corrected chi connectivity index (χ0v) is 36.8. The Hall–Kier alpha value is -6.39. The molecule has 1 aromatic heterocycles. The van der Waals surface area contributed by atoms with Gasteiger partial charge in [-0.3, -0.25) is 14.4 Å². The molecule has 4 aromatic rings. The van der Waals surface area contributed by atoms with Crippen LogP contribution in [0.15, 0.2) is 66.7 Å². The lowest BCUT2D eigenvalue weighted by Gasteiger charge is -2.33. The second-order valence-electron chi connectivity index (χ2n) is 18.3. The van der Waals surface area contributed by atoms with Crippen LogP contribution in [0.25, 0.3) is 22.5 Å². The molecule has 5 N–H and O–H groups in total. The van der Waals surface area contributed by atoms with Crippen LogP contribution < -0.4 is 21.3 Å². The number of H-pyrrole nitrogens is 1. The number of piperidine rings is 1. The van der Waals surface area contributed by atoms with E-state index in [1.165, 1.54) is 12.1 Å². The first kappa shape index (κ1) is 46.1. The fourth-order valence-electron chi connectivity index (χ4n) is 7.63. The topological polar surface area (TPSA) is 210 Å². The van der Waals surface area contributed by atoms with Gasteiger partial charge < -0.3 is 35.6 Å². The number of benzene rings is 3. The van der Waals surface area contributed by atoms with Crippen molar-refractivity contribution < 1.29 is 37.8 Å². The molecule has 63 heavy (non-hydrogen) atoms. The number of ether oxygens (including phenoxy) is 2. The molecule has 2 aliphatic rings. The van der Waals surface area contributed by atoms with E-state index in [2.05, 4.69) is 41.9 Å². The number of carbonyl (C=O) groups is 5. The molecule has 2 fully saturated rings. The van der Waals surface area contributed by atoms with E-state index in [1.807, 2.05) is 65.8 Å². The summed E-state index contributed by atoms with van der Waals surface area (Å²) in [6.07, 6.45) is 3.03. The van der Waals surface area contributed by atoms with Gasteiger partial charge in [0.15, 0.2) is 0 Å². The second-order valence-corrected chi connectivity index (χ2v) is 18.3. The number of aromatic nitrogens is 4. The molecule has 336 valence electrons. The van der Waals surface area contributed by atoms with E-state index < -0.39 is 47.1 Å². The van der Waals surface area contributed by atoms with Gasteiger partial charge in [-0.25, -0.2) is 14.0 Å². The number of aromatic amines is 1. The molecule has 0 unspecified atom stereocenters. The first-order valence-electron chi connectivity index (χ1n) is 21.5. The normalized spacial score (nSPS) is 17.5. The fourth-order valence-corrected chi connectivity index (χ4v) is 7.63. The number of tetrazole rings is 1. The average Bonchev–Trinajstić information content (AvgIpc) is 3.78. The summed E-state index contributed by atoms with van der Waals surface area (Å²) >= 11 is 0. The molecule has 16 nitrogen and oxygen atoms in total. The number of likely N-dealkylation sites (tertiary alicyclic amines) is 1. The Balaban J connectivity index is 1.09. The first-order chi connectivity index (χ1) is 29.9. The Labute approximate surface area is 366 Å². The van der Waals surface area contributed by atoms with Crippen LogP contribution in [-0.2, 0) is 25.5 Å².